The lowest BCUT2D eigenvalue weighted by Crippen LogP contribution is -2.45. The summed E-state index contributed by atoms with van der Waals surface area (Å²) in [5.74, 6) is 0.0345. The fourth-order valence-corrected chi connectivity index (χ4v) is 1.59. The van der Waals surface area contributed by atoms with E-state index in [4.69, 9.17) is 10.1 Å². The Morgan fingerprint density at radius 2 is 1.94 bits per heavy atom. The van der Waals surface area contributed by atoms with Crippen LogP contribution in [0.4, 0.5) is 0 Å². The van der Waals surface area contributed by atoms with Gasteiger partial charge < -0.3 is 10.1 Å². The monoisotopic (exact) mass is 248 g/mol. The zero-order chi connectivity index (χ0) is 13.5. The fourth-order valence-electron chi connectivity index (χ4n) is 1.59. The van der Waals surface area contributed by atoms with Gasteiger partial charge in [0.25, 0.3) is 5.91 Å². The Hall–Kier alpha value is -1.84. The van der Waals surface area contributed by atoms with E-state index in [1.807, 2.05) is 39.0 Å². The molecule has 1 atom stereocenters. The van der Waals surface area contributed by atoms with Crippen molar-refractivity contribution in [2.45, 2.75) is 26.8 Å². The van der Waals surface area contributed by atoms with Crippen LogP contribution in [0.15, 0.2) is 30.3 Å². The molecule has 4 heteroatoms. The van der Waals surface area contributed by atoms with Crippen molar-refractivity contribution in [1.82, 2.24) is 5.32 Å². The average Bonchev–Trinajstić information content (AvgIpc) is 2.36. The topological polar surface area (TPSA) is 62.2 Å². The molecule has 2 N–H and O–H groups in total. The molecule has 0 spiro atoms. The van der Waals surface area contributed by atoms with Crippen molar-refractivity contribution in [3.63, 3.8) is 0 Å². The van der Waals surface area contributed by atoms with Crippen molar-refractivity contribution in [3.05, 3.63) is 35.9 Å². The van der Waals surface area contributed by atoms with E-state index in [2.05, 4.69) is 5.32 Å². The second-order valence-corrected chi connectivity index (χ2v) is 4.36. The smallest absolute Gasteiger partial charge is 0.251 e. The van der Waals surface area contributed by atoms with Crippen molar-refractivity contribution in [1.29, 1.82) is 5.41 Å². The van der Waals surface area contributed by atoms with Crippen LogP contribution in [0, 0.1) is 11.3 Å². The minimum Gasteiger partial charge on any atom is -0.480 e. The maximum absolute atomic E-state index is 12.0. The standard InChI is InChI=1S/C14H20N2O2/c1-4-18-13(15)12(10(2)3)16-14(17)11-8-6-5-7-9-11/h5-10,12,15H,4H2,1-3H3,(H,16,17). The van der Waals surface area contributed by atoms with Crippen LogP contribution in [-0.2, 0) is 4.74 Å². The van der Waals surface area contributed by atoms with Crippen molar-refractivity contribution >= 4 is 11.8 Å². The number of hydrogen-bond donors (Lipinski definition) is 2. The molecule has 0 radical (unpaired) electrons. The normalized spacial score (nSPS) is 12.0. The molecule has 0 aliphatic heterocycles. The summed E-state index contributed by atoms with van der Waals surface area (Å²) in [6.45, 7) is 6.15. The highest BCUT2D eigenvalue weighted by Gasteiger charge is 2.22. The molecule has 0 fully saturated rings. The Morgan fingerprint density at radius 3 is 2.44 bits per heavy atom. The number of rotatable bonds is 5. The van der Waals surface area contributed by atoms with Crippen LogP contribution in [0.5, 0.6) is 0 Å². The molecule has 1 aromatic carbocycles. The van der Waals surface area contributed by atoms with Crippen molar-refractivity contribution in [3.8, 4) is 0 Å². The quantitative estimate of drug-likeness (QED) is 0.621. The van der Waals surface area contributed by atoms with Crippen molar-refractivity contribution in [2.24, 2.45) is 5.92 Å². The van der Waals surface area contributed by atoms with Gasteiger partial charge in [-0.1, -0.05) is 32.0 Å². The first-order valence-electron chi connectivity index (χ1n) is 6.13. The van der Waals surface area contributed by atoms with Crippen LogP contribution >= 0.6 is 0 Å². The number of ether oxygens (including phenoxy) is 1. The third-order valence-electron chi connectivity index (χ3n) is 2.57. The second-order valence-electron chi connectivity index (χ2n) is 4.36. The predicted octanol–water partition coefficient (Wildman–Crippen LogP) is 2.45. The van der Waals surface area contributed by atoms with Gasteiger partial charge in [-0.3, -0.25) is 10.2 Å². The first kappa shape index (κ1) is 14.2. The van der Waals surface area contributed by atoms with Gasteiger partial charge in [-0.2, -0.15) is 0 Å². The van der Waals surface area contributed by atoms with E-state index in [1.165, 1.54) is 0 Å². The average molecular weight is 248 g/mol. The fraction of sp³-hybridized carbons (Fsp3) is 0.429. The number of benzene rings is 1. The SMILES string of the molecule is CCOC(=N)C(NC(=O)c1ccccc1)C(C)C. The highest BCUT2D eigenvalue weighted by molar-refractivity contribution is 5.97. The van der Waals surface area contributed by atoms with Gasteiger partial charge in [0.1, 0.15) is 6.04 Å². The van der Waals surface area contributed by atoms with E-state index in [0.29, 0.717) is 12.2 Å². The summed E-state index contributed by atoms with van der Waals surface area (Å²) in [7, 11) is 0. The van der Waals surface area contributed by atoms with Gasteiger partial charge >= 0.3 is 0 Å². The second kappa shape index (κ2) is 6.79. The summed E-state index contributed by atoms with van der Waals surface area (Å²) in [5.41, 5.74) is 0.590. The molecule has 0 aliphatic rings. The molecular weight excluding hydrogens is 228 g/mol. The van der Waals surface area contributed by atoms with Crippen LogP contribution in [0.2, 0.25) is 0 Å². The highest BCUT2D eigenvalue weighted by Crippen LogP contribution is 2.07. The number of carbonyl (C=O) groups excluding carboxylic acids is 1. The molecule has 1 aromatic rings. The first-order valence-corrected chi connectivity index (χ1v) is 6.13. The summed E-state index contributed by atoms with van der Waals surface area (Å²) in [6, 6.07) is 8.59. The molecule has 0 aliphatic carbocycles. The van der Waals surface area contributed by atoms with Crippen LogP contribution in [0.3, 0.4) is 0 Å². The minimum atomic E-state index is -0.391. The molecule has 98 valence electrons. The number of nitrogens with one attached hydrogen (secondary N) is 2. The summed E-state index contributed by atoms with van der Waals surface area (Å²) in [4.78, 5) is 12.0. The molecule has 18 heavy (non-hydrogen) atoms. The number of carbonyl (C=O) groups is 1. The van der Waals surface area contributed by atoms with Gasteiger partial charge in [0.15, 0.2) is 0 Å². The van der Waals surface area contributed by atoms with Crippen molar-refractivity contribution < 1.29 is 9.53 Å². The van der Waals surface area contributed by atoms with E-state index in [0.717, 1.165) is 0 Å². The Bertz CT molecular complexity index is 402. The van der Waals surface area contributed by atoms with Gasteiger partial charge in [-0.25, -0.2) is 0 Å². The van der Waals surface area contributed by atoms with E-state index in [-0.39, 0.29) is 17.7 Å². The van der Waals surface area contributed by atoms with Crippen LogP contribution in [0.1, 0.15) is 31.1 Å². The lowest BCUT2D eigenvalue weighted by molar-refractivity contribution is 0.0933. The van der Waals surface area contributed by atoms with Crippen LogP contribution < -0.4 is 5.32 Å². The van der Waals surface area contributed by atoms with Gasteiger partial charge in [-0.15, -0.1) is 0 Å². The third kappa shape index (κ3) is 3.87. The molecule has 4 nitrogen and oxygen atoms in total. The Morgan fingerprint density at radius 1 is 1.33 bits per heavy atom. The van der Waals surface area contributed by atoms with E-state index in [1.54, 1.807) is 12.1 Å². The summed E-state index contributed by atoms with van der Waals surface area (Å²) in [5, 5.41) is 10.6. The third-order valence-corrected chi connectivity index (χ3v) is 2.57. The lowest BCUT2D eigenvalue weighted by atomic mass is 10.0. The molecular formula is C14H20N2O2. The first-order chi connectivity index (χ1) is 8.56. The molecule has 0 heterocycles. The number of amides is 1. The van der Waals surface area contributed by atoms with E-state index in [9.17, 15) is 4.79 Å². The molecule has 1 rings (SSSR count). The molecule has 0 saturated heterocycles. The molecule has 1 unspecified atom stereocenters. The van der Waals surface area contributed by atoms with Crippen LogP contribution in [-0.4, -0.2) is 24.5 Å². The van der Waals surface area contributed by atoms with Gasteiger partial charge in [0, 0.05) is 5.56 Å². The summed E-state index contributed by atoms with van der Waals surface area (Å²) in [6.07, 6.45) is 0. The Kier molecular flexibility index (Phi) is 5.36. The zero-order valence-corrected chi connectivity index (χ0v) is 11.1. The van der Waals surface area contributed by atoms with Gasteiger partial charge in [0.2, 0.25) is 5.90 Å². The summed E-state index contributed by atoms with van der Waals surface area (Å²) >= 11 is 0. The zero-order valence-electron chi connectivity index (χ0n) is 11.1. The van der Waals surface area contributed by atoms with Crippen molar-refractivity contribution in [2.75, 3.05) is 6.61 Å². The van der Waals surface area contributed by atoms with Gasteiger partial charge in [0.05, 0.1) is 6.61 Å². The summed E-state index contributed by atoms with van der Waals surface area (Å²) < 4.78 is 5.17. The maximum Gasteiger partial charge on any atom is 0.251 e. The largest absolute Gasteiger partial charge is 0.480 e. The number of hydrogen-bond acceptors (Lipinski definition) is 3. The molecule has 1 amide bonds. The minimum absolute atomic E-state index is 0.108. The Balaban J connectivity index is 2.73. The van der Waals surface area contributed by atoms with E-state index < -0.39 is 6.04 Å². The molecule has 0 bridgehead atoms. The highest BCUT2D eigenvalue weighted by atomic mass is 16.5. The molecule has 0 aromatic heterocycles. The van der Waals surface area contributed by atoms with Crippen LogP contribution in [0.25, 0.3) is 0 Å². The van der Waals surface area contributed by atoms with Gasteiger partial charge in [-0.05, 0) is 25.0 Å². The Labute approximate surface area is 108 Å². The molecule has 0 saturated carbocycles. The predicted molar refractivity (Wildman–Crippen MR) is 71.9 cm³/mol. The maximum atomic E-state index is 12.0. The lowest BCUT2D eigenvalue weighted by Gasteiger charge is -2.22. The van der Waals surface area contributed by atoms with E-state index >= 15 is 0 Å².